The number of amides is 2. The Morgan fingerprint density at radius 2 is 2.04 bits per heavy atom. The van der Waals surface area contributed by atoms with Crippen LogP contribution in [0.15, 0.2) is 53.1 Å². The third-order valence-corrected chi connectivity index (χ3v) is 4.18. The van der Waals surface area contributed by atoms with Crippen LogP contribution in [0, 0.1) is 5.92 Å². The Bertz CT molecular complexity index is 652. The van der Waals surface area contributed by atoms with E-state index in [0.717, 1.165) is 10.0 Å². The molecule has 1 aromatic heterocycles. The molecule has 134 valence electrons. The summed E-state index contributed by atoms with van der Waals surface area (Å²) in [4.78, 5) is 16.1. The highest BCUT2D eigenvalue weighted by Gasteiger charge is 2.19. The molecular weight excluding hydrogens is 386 g/mol. The summed E-state index contributed by atoms with van der Waals surface area (Å²) in [5.41, 5.74) is 1.07. The van der Waals surface area contributed by atoms with Crippen LogP contribution in [0.2, 0.25) is 0 Å². The number of nitrogens with one attached hydrogen (secondary N) is 2. The third-order valence-electron chi connectivity index (χ3n) is 3.71. The molecule has 6 nitrogen and oxygen atoms in total. The van der Waals surface area contributed by atoms with Crippen molar-refractivity contribution in [3.63, 3.8) is 0 Å². The van der Waals surface area contributed by atoms with Crippen LogP contribution in [0.25, 0.3) is 0 Å². The zero-order valence-electron chi connectivity index (χ0n) is 14.0. The number of rotatable bonds is 8. The number of carbonyl (C=O) groups is 1. The maximum Gasteiger partial charge on any atom is 0.320 e. The van der Waals surface area contributed by atoms with Crippen molar-refractivity contribution in [2.45, 2.75) is 19.6 Å². The fourth-order valence-electron chi connectivity index (χ4n) is 2.18. The fraction of sp³-hybridized carbons (Fsp3) is 0.333. The number of aliphatic hydroxyl groups is 1. The summed E-state index contributed by atoms with van der Waals surface area (Å²) in [6, 6.07) is 12.7. The second kappa shape index (κ2) is 10.1. The minimum Gasteiger partial charge on any atom is -0.396 e. The van der Waals surface area contributed by atoms with Gasteiger partial charge in [-0.2, -0.15) is 0 Å². The summed E-state index contributed by atoms with van der Waals surface area (Å²) in [7, 11) is 0. The zero-order valence-corrected chi connectivity index (χ0v) is 15.6. The highest BCUT2D eigenvalue weighted by atomic mass is 79.9. The first kappa shape index (κ1) is 19.4. The minimum atomic E-state index is -0.371. The van der Waals surface area contributed by atoms with Gasteiger partial charge in [0.05, 0.1) is 19.8 Å². The van der Waals surface area contributed by atoms with Gasteiger partial charge in [-0.1, -0.05) is 30.3 Å². The quantitative estimate of drug-likeness (QED) is 0.627. The summed E-state index contributed by atoms with van der Waals surface area (Å²) in [6.07, 6.45) is 1.60. The van der Waals surface area contributed by atoms with Crippen LogP contribution in [0.1, 0.15) is 12.5 Å². The number of halogens is 1. The molecular formula is C18H22BrN3O3. The van der Waals surface area contributed by atoms with Gasteiger partial charge in [0, 0.05) is 22.6 Å². The monoisotopic (exact) mass is 407 g/mol. The number of urea groups is 1. The van der Waals surface area contributed by atoms with E-state index in [1.54, 1.807) is 18.3 Å². The first-order chi connectivity index (χ1) is 12.1. The van der Waals surface area contributed by atoms with E-state index in [1.807, 2.05) is 37.3 Å². The van der Waals surface area contributed by atoms with Gasteiger partial charge in [0.1, 0.15) is 5.82 Å². The average Bonchev–Trinajstić information content (AvgIpc) is 2.61. The highest BCUT2D eigenvalue weighted by molar-refractivity contribution is 9.10. The molecule has 1 unspecified atom stereocenters. The molecule has 0 aliphatic heterocycles. The van der Waals surface area contributed by atoms with Gasteiger partial charge >= 0.3 is 6.03 Å². The normalized spacial score (nSPS) is 13.1. The lowest BCUT2D eigenvalue weighted by molar-refractivity contribution is 0.0514. The van der Waals surface area contributed by atoms with E-state index in [-0.39, 0.29) is 24.6 Å². The van der Waals surface area contributed by atoms with Crippen molar-refractivity contribution in [1.82, 2.24) is 10.3 Å². The Balaban J connectivity index is 1.77. The maximum absolute atomic E-state index is 12.0. The molecule has 2 rings (SSSR count). The lowest BCUT2D eigenvalue weighted by Gasteiger charge is -2.23. The van der Waals surface area contributed by atoms with Crippen LogP contribution in [-0.2, 0) is 11.3 Å². The SMILES string of the molecule is CC(NC(=O)Nc1ccc(Br)cn1)[C@@H](CO)COCc1ccccc1. The molecule has 0 bridgehead atoms. The number of carbonyl (C=O) groups excluding carboxylic acids is 1. The summed E-state index contributed by atoms with van der Waals surface area (Å²) in [5.74, 6) is 0.251. The van der Waals surface area contributed by atoms with E-state index in [1.165, 1.54) is 0 Å². The summed E-state index contributed by atoms with van der Waals surface area (Å²) < 4.78 is 6.49. The first-order valence-corrected chi connectivity index (χ1v) is 8.79. The highest BCUT2D eigenvalue weighted by Crippen LogP contribution is 2.11. The molecule has 0 aliphatic carbocycles. The van der Waals surface area contributed by atoms with Gasteiger partial charge in [-0.15, -0.1) is 0 Å². The van der Waals surface area contributed by atoms with Crippen LogP contribution in [-0.4, -0.2) is 35.4 Å². The van der Waals surface area contributed by atoms with Gasteiger partial charge in [0.2, 0.25) is 0 Å². The molecule has 25 heavy (non-hydrogen) atoms. The smallest absolute Gasteiger partial charge is 0.320 e. The average molecular weight is 408 g/mol. The number of aliphatic hydroxyl groups excluding tert-OH is 1. The van der Waals surface area contributed by atoms with Crippen molar-refractivity contribution < 1.29 is 14.6 Å². The molecule has 7 heteroatoms. The van der Waals surface area contributed by atoms with Gasteiger partial charge in [-0.25, -0.2) is 9.78 Å². The molecule has 2 aromatic rings. The van der Waals surface area contributed by atoms with Crippen LogP contribution < -0.4 is 10.6 Å². The van der Waals surface area contributed by atoms with Crippen LogP contribution in [0.4, 0.5) is 10.6 Å². The lowest BCUT2D eigenvalue weighted by atomic mass is 10.0. The van der Waals surface area contributed by atoms with Crippen molar-refractivity contribution in [3.05, 3.63) is 58.7 Å². The Morgan fingerprint density at radius 3 is 2.68 bits per heavy atom. The van der Waals surface area contributed by atoms with Crippen molar-refractivity contribution in [2.75, 3.05) is 18.5 Å². The topological polar surface area (TPSA) is 83.5 Å². The van der Waals surface area contributed by atoms with Crippen molar-refractivity contribution >= 4 is 27.8 Å². The summed E-state index contributed by atoms with van der Waals surface area (Å²) in [6.45, 7) is 2.58. The molecule has 2 amide bonds. The minimum absolute atomic E-state index is 0.0766. The van der Waals surface area contributed by atoms with E-state index >= 15 is 0 Å². The van der Waals surface area contributed by atoms with E-state index in [2.05, 4.69) is 31.5 Å². The Morgan fingerprint density at radius 1 is 1.28 bits per heavy atom. The second-order valence-corrected chi connectivity index (χ2v) is 6.61. The van der Waals surface area contributed by atoms with E-state index < -0.39 is 0 Å². The van der Waals surface area contributed by atoms with Gasteiger partial charge < -0.3 is 15.2 Å². The number of nitrogens with zero attached hydrogens (tertiary/aromatic N) is 1. The Kier molecular flexibility index (Phi) is 7.84. The standard InChI is InChI=1S/C18H22BrN3O3/c1-13(21-18(24)22-17-8-7-16(19)9-20-17)15(10-23)12-25-11-14-5-3-2-4-6-14/h2-9,13,15,23H,10-12H2,1H3,(H2,20,21,22,24)/t13?,15-/m0/s1. The third kappa shape index (κ3) is 6.81. The molecule has 2 atom stereocenters. The molecule has 0 saturated heterocycles. The maximum atomic E-state index is 12.0. The van der Waals surface area contributed by atoms with Crippen molar-refractivity contribution in [2.24, 2.45) is 5.92 Å². The number of hydrogen-bond donors (Lipinski definition) is 3. The molecule has 1 aromatic carbocycles. The van der Waals surface area contributed by atoms with Gasteiger partial charge in [0.15, 0.2) is 0 Å². The van der Waals surface area contributed by atoms with Crippen LogP contribution >= 0.6 is 15.9 Å². The summed E-state index contributed by atoms with van der Waals surface area (Å²) in [5, 5.41) is 15.0. The molecule has 0 saturated carbocycles. The molecule has 0 fully saturated rings. The number of benzene rings is 1. The van der Waals surface area contributed by atoms with E-state index in [4.69, 9.17) is 4.74 Å². The largest absolute Gasteiger partial charge is 0.396 e. The van der Waals surface area contributed by atoms with Gasteiger partial charge in [0.25, 0.3) is 0 Å². The van der Waals surface area contributed by atoms with Gasteiger partial charge in [-0.05, 0) is 40.5 Å². The van der Waals surface area contributed by atoms with E-state index in [0.29, 0.717) is 19.0 Å². The predicted molar refractivity (Wildman–Crippen MR) is 100 cm³/mol. The fourth-order valence-corrected chi connectivity index (χ4v) is 2.42. The van der Waals surface area contributed by atoms with Crippen molar-refractivity contribution in [1.29, 1.82) is 0 Å². The number of pyridine rings is 1. The molecule has 0 spiro atoms. The number of ether oxygens (including phenoxy) is 1. The van der Waals surface area contributed by atoms with Crippen LogP contribution in [0.3, 0.4) is 0 Å². The van der Waals surface area contributed by atoms with Gasteiger partial charge in [-0.3, -0.25) is 5.32 Å². The summed E-state index contributed by atoms with van der Waals surface area (Å²) >= 11 is 3.29. The number of anilines is 1. The molecule has 0 aliphatic rings. The first-order valence-electron chi connectivity index (χ1n) is 8.00. The zero-order chi connectivity index (χ0) is 18.1. The van der Waals surface area contributed by atoms with Crippen LogP contribution in [0.5, 0.6) is 0 Å². The van der Waals surface area contributed by atoms with E-state index in [9.17, 15) is 9.90 Å². The number of aromatic nitrogens is 1. The molecule has 3 N–H and O–H groups in total. The lowest BCUT2D eigenvalue weighted by Crippen LogP contribution is -2.43. The predicted octanol–water partition coefficient (Wildman–Crippen LogP) is 3.18. The second-order valence-electron chi connectivity index (χ2n) is 5.69. The number of hydrogen-bond acceptors (Lipinski definition) is 4. The Hall–Kier alpha value is -1.96. The molecule has 1 heterocycles. The molecule has 0 radical (unpaired) electrons. The Labute approximate surface area is 155 Å². The van der Waals surface area contributed by atoms with Crippen molar-refractivity contribution in [3.8, 4) is 0 Å².